The predicted molar refractivity (Wildman–Crippen MR) is 63.7 cm³/mol. The topological polar surface area (TPSA) is 72.5 Å². The highest BCUT2D eigenvalue weighted by atomic mass is 35.5. The summed E-state index contributed by atoms with van der Waals surface area (Å²) in [6.07, 6.45) is 0. The Morgan fingerprint density at radius 2 is 2.00 bits per heavy atom. The van der Waals surface area contributed by atoms with Crippen LogP contribution in [0.2, 0.25) is 10.0 Å². The van der Waals surface area contributed by atoms with Crippen molar-refractivity contribution >= 4 is 39.2 Å². The van der Waals surface area contributed by atoms with Gasteiger partial charge in [-0.15, -0.1) is 0 Å². The van der Waals surface area contributed by atoms with Crippen molar-refractivity contribution in [3.05, 3.63) is 28.2 Å². The number of esters is 1. The molecule has 0 heterocycles. The van der Waals surface area contributed by atoms with Gasteiger partial charge in [-0.1, -0.05) is 23.2 Å². The molecule has 0 spiro atoms. The first-order valence-corrected chi connectivity index (χ1v) is 6.62. The number of sulfonamides is 1. The molecule has 0 bridgehead atoms. The number of benzene rings is 1. The van der Waals surface area contributed by atoms with Crippen LogP contribution in [0.3, 0.4) is 0 Å². The van der Waals surface area contributed by atoms with Crippen molar-refractivity contribution in [2.24, 2.45) is 0 Å². The molecular formula is C9H9Cl2NO4S. The van der Waals surface area contributed by atoms with Crippen LogP contribution in [-0.4, -0.2) is 28.0 Å². The van der Waals surface area contributed by atoms with E-state index in [2.05, 4.69) is 9.46 Å². The van der Waals surface area contributed by atoms with Crippen molar-refractivity contribution in [1.82, 2.24) is 4.72 Å². The first-order chi connectivity index (χ1) is 7.86. The Balaban J connectivity index is 2.90. The zero-order chi connectivity index (χ0) is 13.1. The van der Waals surface area contributed by atoms with E-state index in [0.717, 1.165) is 7.11 Å². The summed E-state index contributed by atoms with van der Waals surface area (Å²) in [7, 11) is -2.64. The molecule has 94 valence electrons. The number of rotatable bonds is 4. The van der Waals surface area contributed by atoms with Crippen LogP contribution in [0.15, 0.2) is 23.1 Å². The minimum atomic E-state index is -3.80. The lowest BCUT2D eigenvalue weighted by molar-refractivity contribution is -0.139. The Labute approximate surface area is 109 Å². The molecule has 0 aromatic heterocycles. The summed E-state index contributed by atoms with van der Waals surface area (Å²) in [5, 5.41) is 0.367. The van der Waals surface area contributed by atoms with E-state index >= 15 is 0 Å². The molecule has 0 radical (unpaired) electrons. The first kappa shape index (κ1) is 14.2. The molecule has 0 atom stereocenters. The number of ether oxygens (including phenoxy) is 1. The van der Waals surface area contributed by atoms with Gasteiger partial charge in [0.05, 0.1) is 22.1 Å². The van der Waals surface area contributed by atoms with Crippen molar-refractivity contribution in [1.29, 1.82) is 0 Å². The lowest BCUT2D eigenvalue weighted by atomic mass is 10.4. The Bertz CT molecular complexity index is 530. The second-order valence-electron chi connectivity index (χ2n) is 2.98. The molecular weight excluding hydrogens is 289 g/mol. The summed E-state index contributed by atoms with van der Waals surface area (Å²) >= 11 is 11.4. The lowest BCUT2D eigenvalue weighted by Gasteiger charge is -2.06. The monoisotopic (exact) mass is 297 g/mol. The van der Waals surface area contributed by atoms with E-state index in [0.29, 0.717) is 0 Å². The summed E-state index contributed by atoms with van der Waals surface area (Å²) in [6.45, 7) is -0.445. The third-order valence-electron chi connectivity index (χ3n) is 1.84. The SMILES string of the molecule is COC(=O)CNS(=O)(=O)c1ccc(Cl)c(Cl)c1. The first-order valence-electron chi connectivity index (χ1n) is 4.38. The highest BCUT2D eigenvalue weighted by molar-refractivity contribution is 7.89. The van der Waals surface area contributed by atoms with Crippen molar-refractivity contribution in [2.75, 3.05) is 13.7 Å². The van der Waals surface area contributed by atoms with Crippen LogP contribution in [0.4, 0.5) is 0 Å². The molecule has 8 heteroatoms. The van der Waals surface area contributed by atoms with Gasteiger partial charge in [-0.25, -0.2) is 8.42 Å². The molecule has 0 aliphatic rings. The van der Waals surface area contributed by atoms with Gasteiger partial charge in [0.2, 0.25) is 10.0 Å². The molecule has 0 amide bonds. The number of hydrogen-bond acceptors (Lipinski definition) is 4. The van der Waals surface area contributed by atoms with Gasteiger partial charge < -0.3 is 4.74 Å². The normalized spacial score (nSPS) is 11.2. The molecule has 17 heavy (non-hydrogen) atoms. The Kier molecular flexibility index (Phi) is 4.76. The minimum Gasteiger partial charge on any atom is -0.468 e. The van der Waals surface area contributed by atoms with Crippen LogP contribution in [0, 0.1) is 0 Å². The van der Waals surface area contributed by atoms with Crippen molar-refractivity contribution < 1.29 is 17.9 Å². The minimum absolute atomic E-state index is 0.0733. The molecule has 0 saturated carbocycles. The molecule has 1 N–H and O–H groups in total. The average molecular weight is 298 g/mol. The molecule has 0 fully saturated rings. The van der Waals surface area contributed by atoms with Crippen LogP contribution in [0.1, 0.15) is 0 Å². The van der Waals surface area contributed by atoms with Crippen LogP contribution in [0.5, 0.6) is 0 Å². The van der Waals surface area contributed by atoms with Gasteiger partial charge in [-0.05, 0) is 18.2 Å². The second kappa shape index (κ2) is 5.68. The van der Waals surface area contributed by atoms with Crippen LogP contribution >= 0.6 is 23.2 Å². The van der Waals surface area contributed by atoms with Gasteiger partial charge in [-0.2, -0.15) is 4.72 Å². The van der Waals surface area contributed by atoms with E-state index in [1.807, 2.05) is 0 Å². The smallest absolute Gasteiger partial charge is 0.320 e. The molecule has 1 aromatic carbocycles. The molecule has 5 nitrogen and oxygen atoms in total. The fourth-order valence-electron chi connectivity index (χ4n) is 0.953. The number of hydrogen-bond donors (Lipinski definition) is 1. The second-order valence-corrected chi connectivity index (χ2v) is 5.56. The van der Waals surface area contributed by atoms with Crippen LogP contribution < -0.4 is 4.72 Å². The zero-order valence-electron chi connectivity index (χ0n) is 8.74. The number of halogens is 2. The molecule has 0 aliphatic heterocycles. The Morgan fingerprint density at radius 1 is 1.35 bits per heavy atom. The lowest BCUT2D eigenvalue weighted by Crippen LogP contribution is -2.30. The Hall–Kier alpha value is -0.820. The Morgan fingerprint density at radius 3 is 2.53 bits per heavy atom. The van der Waals surface area contributed by atoms with E-state index in [1.54, 1.807) is 0 Å². The van der Waals surface area contributed by atoms with E-state index in [9.17, 15) is 13.2 Å². The fraction of sp³-hybridized carbons (Fsp3) is 0.222. The van der Waals surface area contributed by atoms with Crippen LogP contribution in [0.25, 0.3) is 0 Å². The van der Waals surface area contributed by atoms with Gasteiger partial charge in [0.1, 0.15) is 6.54 Å². The standard InChI is InChI=1S/C9H9Cl2NO4S/c1-16-9(13)5-12-17(14,15)6-2-3-7(10)8(11)4-6/h2-4,12H,5H2,1H3. The van der Waals surface area contributed by atoms with E-state index < -0.39 is 22.5 Å². The third-order valence-corrected chi connectivity index (χ3v) is 3.97. The summed E-state index contributed by atoms with van der Waals surface area (Å²) in [4.78, 5) is 10.7. The van der Waals surface area contributed by atoms with Crippen molar-refractivity contribution in [2.45, 2.75) is 4.90 Å². The average Bonchev–Trinajstić information content (AvgIpc) is 2.29. The number of nitrogens with one attached hydrogen (secondary N) is 1. The van der Waals surface area contributed by atoms with Gasteiger partial charge in [0, 0.05) is 0 Å². The van der Waals surface area contributed by atoms with Gasteiger partial charge in [0.25, 0.3) is 0 Å². The molecule has 0 unspecified atom stereocenters. The van der Waals surface area contributed by atoms with E-state index in [4.69, 9.17) is 23.2 Å². The maximum atomic E-state index is 11.7. The number of carbonyl (C=O) groups is 1. The van der Waals surface area contributed by atoms with E-state index in [1.165, 1.54) is 18.2 Å². The van der Waals surface area contributed by atoms with Gasteiger partial charge >= 0.3 is 5.97 Å². The molecule has 1 aromatic rings. The fourth-order valence-corrected chi connectivity index (χ4v) is 2.31. The third kappa shape index (κ3) is 3.85. The highest BCUT2D eigenvalue weighted by Crippen LogP contribution is 2.24. The highest BCUT2D eigenvalue weighted by Gasteiger charge is 2.16. The summed E-state index contributed by atoms with van der Waals surface area (Å²) in [6, 6.07) is 3.84. The zero-order valence-corrected chi connectivity index (χ0v) is 11.1. The maximum Gasteiger partial charge on any atom is 0.320 e. The van der Waals surface area contributed by atoms with Gasteiger partial charge in [-0.3, -0.25) is 4.79 Å². The van der Waals surface area contributed by atoms with Crippen molar-refractivity contribution in [3.63, 3.8) is 0 Å². The summed E-state index contributed by atoms with van der Waals surface area (Å²) < 4.78 is 29.8. The predicted octanol–water partition coefficient (Wildman–Crippen LogP) is 1.44. The van der Waals surface area contributed by atoms with Crippen LogP contribution in [-0.2, 0) is 19.6 Å². The van der Waals surface area contributed by atoms with Gasteiger partial charge in [0.15, 0.2) is 0 Å². The molecule has 0 saturated heterocycles. The maximum absolute atomic E-state index is 11.7. The molecule has 0 aliphatic carbocycles. The summed E-state index contributed by atoms with van der Waals surface area (Å²) in [5.74, 6) is -0.686. The number of methoxy groups -OCH3 is 1. The van der Waals surface area contributed by atoms with Crippen molar-refractivity contribution in [3.8, 4) is 0 Å². The quantitative estimate of drug-likeness (QED) is 0.854. The largest absolute Gasteiger partial charge is 0.468 e. The summed E-state index contributed by atoms with van der Waals surface area (Å²) in [5.41, 5.74) is 0. The molecule has 1 rings (SSSR count). The van der Waals surface area contributed by atoms with E-state index in [-0.39, 0.29) is 14.9 Å². The number of carbonyl (C=O) groups excluding carboxylic acids is 1.